The van der Waals surface area contributed by atoms with Crippen LogP contribution in [-0.2, 0) is 0 Å². The van der Waals surface area contributed by atoms with Gasteiger partial charge >= 0.3 is 0 Å². The Bertz CT molecular complexity index is 381. The van der Waals surface area contributed by atoms with Crippen LogP contribution in [-0.4, -0.2) is 12.0 Å². The van der Waals surface area contributed by atoms with Crippen LogP contribution < -0.4 is 10.5 Å². The van der Waals surface area contributed by atoms with E-state index in [2.05, 4.69) is 0 Å². The second-order valence-corrected chi connectivity index (χ2v) is 4.06. The molecule has 1 fully saturated rings. The predicted octanol–water partition coefficient (Wildman–Crippen LogP) is 2.67. The fraction of sp³-hybridized carbons (Fsp3) is 0.455. The quantitative estimate of drug-likeness (QED) is 0.766. The molecule has 1 aliphatic rings. The van der Waals surface area contributed by atoms with Gasteiger partial charge in [-0.2, -0.15) is 0 Å². The molecular formula is C11H13F2NO. The number of nitrogen functional groups attached to an aromatic ring is 1. The van der Waals surface area contributed by atoms with E-state index in [4.69, 9.17) is 10.5 Å². The Labute approximate surface area is 87.0 Å². The van der Waals surface area contributed by atoms with Crippen molar-refractivity contribution in [1.82, 2.24) is 0 Å². The Morgan fingerprint density at radius 2 is 1.80 bits per heavy atom. The van der Waals surface area contributed by atoms with Gasteiger partial charge < -0.3 is 10.5 Å². The van der Waals surface area contributed by atoms with Crippen LogP contribution in [0.15, 0.2) is 12.1 Å². The number of anilines is 1. The van der Waals surface area contributed by atoms with Crippen LogP contribution in [0.1, 0.15) is 17.5 Å². The minimum Gasteiger partial charge on any atom is -0.483 e. The Morgan fingerprint density at radius 1 is 1.33 bits per heavy atom. The number of hydrogen-bond donors (Lipinski definition) is 1. The second-order valence-electron chi connectivity index (χ2n) is 4.06. The number of halogens is 2. The Morgan fingerprint density at radius 3 is 2.20 bits per heavy atom. The molecule has 0 saturated heterocycles. The molecule has 1 aromatic rings. The zero-order valence-corrected chi connectivity index (χ0v) is 8.68. The van der Waals surface area contributed by atoms with Crippen molar-refractivity contribution in [3.8, 4) is 5.75 Å². The first-order valence-electron chi connectivity index (χ1n) is 4.81. The maximum absolute atomic E-state index is 12.7. The molecule has 0 aliphatic heterocycles. The number of benzene rings is 1. The van der Waals surface area contributed by atoms with Gasteiger partial charge in [0.25, 0.3) is 5.92 Å². The minimum atomic E-state index is -2.65. The van der Waals surface area contributed by atoms with Gasteiger partial charge in [0.05, 0.1) is 6.42 Å². The maximum atomic E-state index is 12.7. The van der Waals surface area contributed by atoms with Gasteiger partial charge in [-0.3, -0.25) is 0 Å². The molecule has 2 N–H and O–H groups in total. The fourth-order valence-corrected chi connectivity index (χ4v) is 1.63. The Balaban J connectivity index is 2.22. The number of ether oxygens (including phenoxy) is 1. The van der Waals surface area contributed by atoms with Crippen LogP contribution in [0, 0.1) is 13.8 Å². The molecule has 0 spiro atoms. The first-order valence-corrected chi connectivity index (χ1v) is 4.81. The van der Waals surface area contributed by atoms with E-state index in [0.29, 0.717) is 11.4 Å². The smallest absolute Gasteiger partial charge is 0.288 e. The van der Waals surface area contributed by atoms with Crippen molar-refractivity contribution in [3.63, 3.8) is 0 Å². The largest absolute Gasteiger partial charge is 0.483 e. The highest BCUT2D eigenvalue weighted by Crippen LogP contribution is 2.45. The lowest BCUT2D eigenvalue weighted by molar-refractivity contribution is 0.0661. The molecule has 1 aliphatic carbocycles. The number of nitrogens with two attached hydrogens (primary N) is 1. The van der Waals surface area contributed by atoms with Crippen LogP contribution in [0.2, 0.25) is 0 Å². The third-order valence-electron chi connectivity index (χ3n) is 2.51. The van der Waals surface area contributed by atoms with Crippen LogP contribution >= 0.6 is 0 Å². The minimum absolute atomic E-state index is 0.184. The third-order valence-corrected chi connectivity index (χ3v) is 2.51. The number of rotatable bonds is 2. The summed E-state index contributed by atoms with van der Waals surface area (Å²) in [4.78, 5) is 0. The average Bonchev–Trinajstić information content (AvgIpc) is 2.66. The van der Waals surface area contributed by atoms with Gasteiger partial charge in [0, 0.05) is 5.69 Å². The van der Waals surface area contributed by atoms with Crippen LogP contribution in [0.3, 0.4) is 0 Å². The van der Waals surface area contributed by atoms with Crippen molar-refractivity contribution in [1.29, 1.82) is 0 Å². The summed E-state index contributed by atoms with van der Waals surface area (Å²) in [6.45, 7) is 3.61. The molecule has 15 heavy (non-hydrogen) atoms. The van der Waals surface area contributed by atoms with E-state index < -0.39 is 12.0 Å². The number of alkyl halides is 2. The zero-order valence-electron chi connectivity index (χ0n) is 8.68. The summed E-state index contributed by atoms with van der Waals surface area (Å²) in [5.74, 6) is -2.12. The highest BCUT2D eigenvalue weighted by molar-refractivity contribution is 5.52. The lowest BCUT2D eigenvalue weighted by Gasteiger charge is -2.12. The molecule has 1 unspecified atom stereocenters. The van der Waals surface area contributed by atoms with Gasteiger partial charge in [0.2, 0.25) is 0 Å². The van der Waals surface area contributed by atoms with Crippen molar-refractivity contribution in [2.75, 3.05) is 5.73 Å². The molecule has 1 aromatic carbocycles. The highest BCUT2D eigenvalue weighted by atomic mass is 19.3. The first-order chi connectivity index (χ1) is 6.90. The molecule has 2 rings (SSSR count). The van der Waals surface area contributed by atoms with E-state index in [1.807, 2.05) is 0 Å². The summed E-state index contributed by atoms with van der Waals surface area (Å²) < 4.78 is 30.6. The summed E-state index contributed by atoms with van der Waals surface area (Å²) in [7, 11) is 0. The topological polar surface area (TPSA) is 35.2 Å². The van der Waals surface area contributed by atoms with Crippen molar-refractivity contribution in [2.45, 2.75) is 32.3 Å². The van der Waals surface area contributed by atoms with Crippen LogP contribution in [0.5, 0.6) is 5.75 Å². The molecular weight excluding hydrogens is 200 g/mol. The number of hydrogen-bond acceptors (Lipinski definition) is 2. The normalized spacial score (nSPS) is 22.5. The molecule has 82 valence electrons. The standard InChI is InChI=1S/C11H13F2NO/c1-6-3-8(14)4-7(2)10(6)15-9-5-11(9,12)13/h3-4,9H,5,14H2,1-2H3. The molecule has 0 heterocycles. The van der Waals surface area contributed by atoms with Gasteiger partial charge in [-0.05, 0) is 37.1 Å². The van der Waals surface area contributed by atoms with Gasteiger partial charge in [-0.1, -0.05) is 0 Å². The van der Waals surface area contributed by atoms with Gasteiger partial charge in [0.1, 0.15) is 5.75 Å². The molecule has 0 bridgehead atoms. The molecule has 2 nitrogen and oxygen atoms in total. The number of aryl methyl sites for hydroxylation is 2. The van der Waals surface area contributed by atoms with Crippen molar-refractivity contribution in [3.05, 3.63) is 23.3 Å². The lowest BCUT2D eigenvalue weighted by atomic mass is 10.1. The highest BCUT2D eigenvalue weighted by Gasteiger charge is 2.59. The third kappa shape index (κ3) is 1.89. The zero-order chi connectivity index (χ0) is 11.2. The van der Waals surface area contributed by atoms with Crippen LogP contribution in [0.25, 0.3) is 0 Å². The summed E-state index contributed by atoms with van der Waals surface area (Å²) in [6, 6.07) is 3.45. The monoisotopic (exact) mass is 213 g/mol. The van der Waals surface area contributed by atoms with E-state index >= 15 is 0 Å². The first kappa shape index (κ1) is 10.2. The second kappa shape index (κ2) is 3.08. The molecule has 1 atom stereocenters. The van der Waals surface area contributed by atoms with Crippen molar-refractivity contribution in [2.24, 2.45) is 0 Å². The van der Waals surface area contributed by atoms with Gasteiger partial charge in [-0.15, -0.1) is 0 Å². The maximum Gasteiger partial charge on any atom is 0.288 e. The molecule has 4 heteroatoms. The van der Waals surface area contributed by atoms with E-state index in [1.54, 1.807) is 26.0 Å². The SMILES string of the molecule is Cc1cc(N)cc(C)c1OC1CC1(F)F. The summed E-state index contributed by atoms with van der Waals surface area (Å²) in [6.07, 6.45) is -1.14. The predicted molar refractivity (Wildman–Crippen MR) is 54.3 cm³/mol. The summed E-state index contributed by atoms with van der Waals surface area (Å²) >= 11 is 0. The van der Waals surface area contributed by atoms with Crippen molar-refractivity contribution >= 4 is 5.69 Å². The molecule has 0 aromatic heterocycles. The van der Waals surface area contributed by atoms with Crippen molar-refractivity contribution < 1.29 is 13.5 Å². The lowest BCUT2D eigenvalue weighted by Crippen LogP contribution is -2.09. The summed E-state index contributed by atoms with van der Waals surface area (Å²) in [5, 5.41) is 0. The average molecular weight is 213 g/mol. The summed E-state index contributed by atoms with van der Waals surface area (Å²) in [5.41, 5.74) is 7.85. The molecule has 0 amide bonds. The van der Waals surface area contributed by atoms with Gasteiger partial charge in [-0.25, -0.2) is 8.78 Å². The fourth-order valence-electron chi connectivity index (χ4n) is 1.63. The van der Waals surface area contributed by atoms with E-state index in [9.17, 15) is 8.78 Å². The van der Waals surface area contributed by atoms with E-state index in [-0.39, 0.29) is 6.42 Å². The Kier molecular flexibility index (Phi) is 2.10. The molecule has 0 radical (unpaired) electrons. The Hall–Kier alpha value is -1.32. The van der Waals surface area contributed by atoms with Gasteiger partial charge in [0.15, 0.2) is 6.10 Å². The van der Waals surface area contributed by atoms with E-state index in [0.717, 1.165) is 11.1 Å². The van der Waals surface area contributed by atoms with E-state index in [1.165, 1.54) is 0 Å². The molecule has 1 saturated carbocycles. The van der Waals surface area contributed by atoms with Crippen LogP contribution in [0.4, 0.5) is 14.5 Å².